The molecule has 11 atom stereocenters. The Balaban J connectivity index is 1.52. The lowest BCUT2D eigenvalue weighted by Crippen LogP contribution is -2.82. The molecule has 2 aromatic carbocycles. The van der Waals surface area contributed by atoms with Gasteiger partial charge in [-0.3, -0.25) is 19.2 Å². The molecule has 2 bridgehead atoms. The standard InChI is InChI=1S/C46H57NO14/c1-8-9-12-21-33(51)47-35(28-17-13-10-14-18-28)36(52)42(55)59-30-23-46(56)40(60-41(54)29-19-15-11-16-20-29)38-44(7,31(50)22-32-45(38,24-57-32)61-27(4)49)39(53)37(58-26(3)48)34(25(30)2)43(46,5)6/h10-11,13-20,30-32,35-38,40,50,52,56H,8-9,12,21-24H2,1-7H3,(H,47,51)/t30-,31-,32+,35-,36+,37-,38-,40-,44+,45-,46+/m0/s1. The van der Waals surface area contributed by atoms with Crippen LogP contribution in [0.1, 0.15) is 109 Å². The van der Waals surface area contributed by atoms with Crippen LogP contribution in [-0.2, 0) is 47.7 Å². The van der Waals surface area contributed by atoms with Crippen LogP contribution in [0.5, 0.6) is 0 Å². The van der Waals surface area contributed by atoms with Crippen molar-refractivity contribution in [1.29, 1.82) is 0 Å². The predicted molar refractivity (Wildman–Crippen MR) is 216 cm³/mol. The molecule has 6 rings (SSSR count). The largest absolute Gasteiger partial charge is 0.456 e. The van der Waals surface area contributed by atoms with Crippen molar-refractivity contribution in [3.63, 3.8) is 0 Å². The summed E-state index contributed by atoms with van der Waals surface area (Å²) < 4.78 is 30.3. The molecule has 1 heterocycles. The van der Waals surface area contributed by atoms with Gasteiger partial charge in [0.1, 0.15) is 23.9 Å². The zero-order chi connectivity index (χ0) is 44.7. The number of rotatable bonds is 13. The molecule has 1 amide bonds. The Hall–Kier alpha value is -4.96. The van der Waals surface area contributed by atoms with E-state index in [4.69, 9.17) is 23.7 Å². The summed E-state index contributed by atoms with van der Waals surface area (Å²) in [6.07, 6.45) is -7.92. The van der Waals surface area contributed by atoms with E-state index >= 15 is 4.79 Å². The number of hydrogen-bond donors (Lipinski definition) is 4. The van der Waals surface area contributed by atoms with Crippen LogP contribution in [0, 0.1) is 16.7 Å². The number of ketones is 1. The number of aliphatic hydroxyl groups is 3. The van der Waals surface area contributed by atoms with Gasteiger partial charge in [0, 0.05) is 38.5 Å². The van der Waals surface area contributed by atoms with Crippen LogP contribution in [0.4, 0.5) is 0 Å². The van der Waals surface area contributed by atoms with E-state index in [1.165, 1.54) is 26.0 Å². The van der Waals surface area contributed by atoms with Gasteiger partial charge < -0.3 is 44.3 Å². The lowest BCUT2D eigenvalue weighted by atomic mass is 9.44. The number of Topliss-reactive ketones (excluding diaryl/α,β-unsaturated/α-hetero) is 1. The zero-order valence-electron chi connectivity index (χ0n) is 35.7. The first kappa shape index (κ1) is 45.6. The van der Waals surface area contributed by atoms with Crippen LogP contribution in [0.25, 0.3) is 0 Å². The first-order valence-electron chi connectivity index (χ1n) is 20.9. The van der Waals surface area contributed by atoms with E-state index in [0.717, 1.165) is 26.7 Å². The normalized spacial score (nSPS) is 32.3. The van der Waals surface area contributed by atoms with E-state index in [-0.39, 0.29) is 36.2 Å². The summed E-state index contributed by atoms with van der Waals surface area (Å²) in [5.74, 6) is -6.55. The molecule has 15 nitrogen and oxygen atoms in total. The highest BCUT2D eigenvalue weighted by molar-refractivity contribution is 5.95. The van der Waals surface area contributed by atoms with Crippen molar-refractivity contribution in [1.82, 2.24) is 5.32 Å². The molecular weight excluding hydrogens is 790 g/mol. The maximum absolute atomic E-state index is 15.5. The fraction of sp³-hybridized carbons (Fsp3) is 0.565. The smallest absolute Gasteiger partial charge is 0.338 e. The zero-order valence-corrected chi connectivity index (χ0v) is 35.7. The van der Waals surface area contributed by atoms with Crippen LogP contribution in [0.2, 0.25) is 0 Å². The quantitative estimate of drug-likeness (QED) is 0.0969. The Morgan fingerprint density at radius 2 is 1.56 bits per heavy atom. The van der Waals surface area contributed by atoms with Crippen molar-refractivity contribution >= 4 is 35.6 Å². The van der Waals surface area contributed by atoms with Crippen molar-refractivity contribution in [2.75, 3.05) is 6.61 Å². The minimum atomic E-state index is -2.37. The van der Waals surface area contributed by atoms with Crippen molar-refractivity contribution in [2.45, 2.75) is 141 Å². The van der Waals surface area contributed by atoms with Gasteiger partial charge >= 0.3 is 23.9 Å². The third-order valence-corrected chi connectivity index (χ3v) is 13.5. The highest BCUT2D eigenvalue weighted by Gasteiger charge is 2.78. The second-order valence-electron chi connectivity index (χ2n) is 17.5. The lowest BCUT2D eigenvalue weighted by Gasteiger charge is -2.67. The summed E-state index contributed by atoms with van der Waals surface area (Å²) in [5.41, 5.74) is -7.12. The number of unbranched alkanes of at least 4 members (excludes halogenated alkanes) is 2. The minimum Gasteiger partial charge on any atom is -0.456 e. The molecule has 61 heavy (non-hydrogen) atoms. The average Bonchev–Trinajstić information content (AvgIpc) is 3.21. The third kappa shape index (κ3) is 8.01. The van der Waals surface area contributed by atoms with E-state index in [9.17, 15) is 39.3 Å². The topological polar surface area (TPSA) is 221 Å². The fourth-order valence-corrected chi connectivity index (χ4v) is 10.1. The Kier molecular flexibility index (Phi) is 13.0. The molecule has 0 spiro atoms. The number of amides is 1. The van der Waals surface area contributed by atoms with Gasteiger partial charge in [0.15, 0.2) is 23.6 Å². The molecule has 3 fully saturated rings. The van der Waals surface area contributed by atoms with E-state index in [0.29, 0.717) is 12.0 Å². The number of esters is 4. The first-order chi connectivity index (χ1) is 28.7. The van der Waals surface area contributed by atoms with E-state index in [2.05, 4.69) is 5.32 Å². The van der Waals surface area contributed by atoms with Crippen molar-refractivity contribution < 1.29 is 67.8 Å². The highest BCUT2D eigenvalue weighted by atomic mass is 16.6. The minimum absolute atomic E-state index is 0.0127. The molecule has 2 aromatic rings. The maximum Gasteiger partial charge on any atom is 0.338 e. The molecular formula is C46H57NO14. The van der Waals surface area contributed by atoms with Gasteiger partial charge in [-0.15, -0.1) is 0 Å². The second kappa shape index (κ2) is 17.4. The van der Waals surface area contributed by atoms with Gasteiger partial charge in [0.25, 0.3) is 0 Å². The predicted octanol–water partition coefficient (Wildman–Crippen LogP) is 4.00. The van der Waals surface area contributed by atoms with Gasteiger partial charge in [0.2, 0.25) is 5.91 Å². The molecule has 330 valence electrons. The number of hydrogen-bond acceptors (Lipinski definition) is 14. The third-order valence-electron chi connectivity index (χ3n) is 13.5. The van der Waals surface area contributed by atoms with Crippen molar-refractivity contribution in [3.05, 3.63) is 82.9 Å². The summed E-state index contributed by atoms with van der Waals surface area (Å²) in [6, 6.07) is 15.0. The van der Waals surface area contributed by atoms with Gasteiger partial charge in [-0.25, -0.2) is 9.59 Å². The van der Waals surface area contributed by atoms with E-state index in [1.807, 2.05) is 6.92 Å². The molecule has 1 saturated heterocycles. The van der Waals surface area contributed by atoms with Crippen LogP contribution < -0.4 is 5.32 Å². The summed E-state index contributed by atoms with van der Waals surface area (Å²) in [4.78, 5) is 83.0. The molecule has 1 aliphatic heterocycles. The molecule has 0 unspecified atom stereocenters. The Morgan fingerprint density at radius 3 is 2.13 bits per heavy atom. The van der Waals surface area contributed by atoms with Crippen LogP contribution in [0.15, 0.2) is 71.8 Å². The summed E-state index contributed by atoms with van der Waals surface area (Å²) in [6.45, 7) is 10.0. The number of fused-ring (bicyclic) bond motifs is 5. The van der Waals surface area contributed by atoms with Gasteiger partial charge in [-0.05, 0) is 49.1 Å². The Bertz CT molecular complexity index is 2050. The first-order valence-corrected chi connectivity index (χ1v) is 20.9. The monoisotopic (exact) mass is 847 g/mol. The van der Waals surface area contributed by atoms with Gasteiger partial charge in [-0.1, -0.05) is 82.1 Å². The summed E-state index contributed by atoms with van der Waals surface area (Å²) in [5, 5.41) is 40.2. The Labute approximate surface area is 355 Å². The van der Waals surface area contributed by atoms with E-state index in [1.54, 1.807) is 62.4 Å². The number of carbonyl (C=O) groups excluding carboxylic acids is 6. The lowest BCUT2D eigenvalue weighted by molar-refractivity contribution is -0.346. The van der Waals surface area contributed by atoms with Crippen LogP contribution in [-0.4, -0.2) is 105 Å². The molecule has 15 heteroatoms. The summed E-state index contributed by atoms with van der Waals surface area (Å²) >= 11 is 0. The fourth-order valence-electron chi connectivity index (χ4n) is 10.1. The average molecular weight is 848 g/mol. The number of benzene rings is 2. The van der Waals surface area contributed by atoms with Gasteiger partial charge in [0.05, 0.1) is 35.6 Å². The molecule has 4 N–H and O–H groups in total. The molecule has 3 aliphatic carbocycles. The maximum atomic E-state index is 15.5. The van der Waals surface area contributed by atoms with Gasteiger partial charge in [-0.2, -0.15) is 0 Å². The van der Waals surface area contributed by atoms with E-state index < -0.39 is 113 Å². The number of aliphatic hydroxyl groups excluding tert-OH is 2. The summed E-state index contributed by atoms with van der Waals surface area (Å²) in [7, 11) is 0. The molecule has 0 radical (unpaired) electrons. The number of carbonyl (C=O) groups is 6. The highest BCUT2D eigenvalue weighted by Crippen LogP contribution is 2.64. The molecule has 2 saturated carbocycles. The second-order valence-corrected chi connectivity index (χ2v) is 17.5. The van der Waals surface area contributed by atoms with Crippen LogP contribution in [0.3, 0.4) is 0 Å². The van der Waals surface area contributed by atoms with Crippen molar-refractivity contribution in [3.8, 4) is 0 Å². The number of ether oxygens (including phenoxy) is 5. The molecule has 4 aliphatic rings. The Morgan fingerprint density at radius 1 is 0.918 bits per heavy atom. The van der Waals surface area contributed by atoms with Crippen molar-refractivity contribution in [2.24, 2.45) is 16.7 Å². The SMILES string of the molecule is CCCCCC(=O)N[C@@H](c1ccccc1)[C@@H](O)C(=O)O[C@H]1C[C@@]2(O)[C@@H](OC(=O)c3ccccc3)[C@@H]3[C@]4(OC(C)=O)CO[C@@H]4C[C@H](O)[C@@]3(C)C(=O)[C@@H](OC(C)=O)C(=C1C)C2(C)C. The molecule has 0 aromatic heterocycles. The number of nitrogens with one attached hydrogen (secondary N) is 1. The van der Waals surface area contributed by atoms with Crippen LogP contribution >= 0.6 is 0 Å².